The summed E-state index contributed by atoms with van der Waals surface area (Å²) in [6.45, 7) is 0.800. The largest absolute Gasteiger partial charge is 0.481 e. The minimum Gasteiger partial charge on any atom is -0.481 e. The van der Waals surface area contributed by atoms with Gasteiger partial charge in [-0.2, -0.15) is 0 Å². The molecule has 0 bridgehead atoms. The molecule has 0 unspecified atom stereocenters. The molecule has 0 aliphatic rings. The zero-order valence-corrected chi connectivity index (χ0v) is 29.5. The Morgan fingerprint density at radius 2 is 0.613 bits per heavy atom. The van der Waals surface area contributed by atoms with Crippen LogP contribution in [0.2, 0.25) is 0 Å². The molecule has 0 spiro atoms. The van der Waals surface area contributed by atoms with Crippen LogP contribution in [0.1, 0.15) is 11.1 Å². The third-order valence-corrected chi connectivity index (χ3v) is 9.23. The van der Waals surface area contributed by atoms with Crippen LogP contribution in [-0.4, -0.2) is 17.2 Å². The van der Waals surface area contributed by atoms with Gasteiger partial charge < -0.3 is 5.11 Å². The van der Waals surface area contributed by atoms with E-state index >= 15 is 35.1 Å². The number of benzene rings is 5. The first kappa shape index (κ1) is 46.5. The lowest BCUT2D eigenvalue weighted by Crippen LogP contribution is -2.81. The fourth-order valence-corrected chi connectivity index (χ4v) is 6.55. The van der Waals surface area contributed by atoms with Crippen molar-refractivity contribution in [3.8, 4) is 0 Å². The predicted octanol–water partition coefficient (Wildman–Crippen LogP) is 7.50. The van der Waals surface area contributed by atoms with E-state index in [0.29, 0.717) is 0 Å². The Bertz CT molecular complexity index is 2390. The summed E-state index contributed by atoms with van der Waals surface area (Å²) in [5.74, 6) is -72.2. The molecule has 0 fully saturated rings. The van der Waals surface area contributed by atoms with Crippen LogP contribution in [0.4, 0.5) is 87.8 Å². The average molecular weight is 907 g/mol. The molecule has 0 aliphatic heterocycles. The summed E-state index contributed by atoms with van der Waals surface area (Å²) in [6, 6.07) is 13.8. The highest BCUT2D eigenvalue weighted by atomic mass is 19.2. The molecule has 3 nitrogen and oxygen atoms in total. The summed E-state index contributed by atoms with van der Waals surface area (Å²) >= 11 is 0. The van der Waals surface area contributed by atoms with Gasteiger partial charge in [-0.25, -0.2) is 92.4 Å². The lowest BCUT2D eigenvalue weighted by atomic mass is 9.12. The quantitative estimate of drug-likeness (QED) is 0.0566. The van der Waals surface area contributed by atoms with Crippen LogP contribution in [0, 0.1) is 116 Å². The van der Waals surface area contributed by atoms with Gasteiger partial charge in [0.2, 0.25) is 0 Å². The average Bonchev–Trinajstić information content (AvgIpc) is 3.24. The molecule has 0 atom stereocenters. The SMILES string of the molecule is Fc1c(F)c(F)c([B-](c2c(F)c(F)c(F)c(F)c2F)(c2c(F)c(F)c(F)c(F)c2F)c2c(F)c(F)c(F)c(F)c2F)c(F)c1F.O=C(O)Cc1cc[n+](Cc2ccccc2)cc1. The third kappa shape index (κ3) is 7.54. The van der Waals surface area contributed by atoms with E-state index in [2.05, 4.69) is 12.1 Å². The first-order chi connectivity index (χ1) is 28.9. The molecule has 326 valence electrons. The normalized spacial score (nSPS) is 11.5. The topological polar surface area (TPSA) is 41.2 Å². The molecule has 0 radical (unpaired) electrons. The van der Waals surface area contributed by atoms with E-state index < -0.39 is 150 Å². The number of carboxylic acids is 1. The molecule has 5 aromatic carbocycles. The van der Waals surface area contributed by atoms with Crippen LogP contribution in [0.25, 0.3) is 0 Å². The van der Waals surface area contributed by atoms with Crippen LogP contribution < -0.4 is 26.4 Å². The maximum Gasteiger partial charge on any atom is 0.307 e. The van der Waals surface area contributed by atoms with Gasteiger partial charge in [-0.15, -0.1) is 21.9 Å². The fourth-order valence-electron chi connectivity index (χ4n) is 6.55. The number of aromatic nitrogens is 1. The van der Waals surface area contributed by atoms with Crippen molar-refractivity contribution >= 4 is 34.0 Å². The number of carboxylic acid groups (broad SMARTS) is 1. The highest BCUT2D eigenvalue weighted by molar-refractivity contribution is 7.20. The Morgan fingerprint density at radius 3 is 0.855 bits per heavy atom. The maximum absolute atomic E-state index is 15.4. The number of hydrogen-bond donors (Lipinski definition) is 1. The molecular formula is C38H14BF20NO2. The van der Waals surface area contributed by atoms with Gasteiger partial charge in [0.05, 0.1) is 6.42 Å². The summed E-state index contributed by atoms with van der Waals surface area (Å²) in [7, 11) is 0. The Kier molecular flexibility index (Phi) is 13.0. The van der Waals surface area contributed by atoms with Crippen molar-refractivity contribution in [1.29, 1.82) is 0 Å². The summed E-state index contributed by atoms with van der Waals surface area (Å²) in [4.78, 5) is 10.5. The van der Waals surface area contributed by atoms with Crippen LogP contribution in [0.3, 0.4) is 0 Å². The van der Waals surface area contributed by atoms with Gasteiger partial charge in [0, 0.05) is 17.7 Å². The van der Waals surface area contributed by atoms with Crippen molar-refractivity contribution in [2.45, 2.75) is 13.0 Å². The number of nitrogens with zero attached hydrogens (tertiary/aromatic N) is 1. The molecule has 0 saturated heterocycles. The van der Waals surface area contributed by atoms with Crippen molar-refractivity contribution in [2.24, 2.45) is 0 Å². The van der Waals surface area contributed by atoms with Gasteiger partial charge in [-0.1, -0.05) is 30.3 Å². The molecule has 0 aliphatic carbocycles. The molecule has 62 heavy (non-hydrogen) atoms. The Morgan fingerprint density at radius 1 is 0.371 bits per heavy atom. The van der Waals surface area contributed by atoms with E-state index in [0.717, 1.165) is 12.1 Å². The second kappa shape index (κ2) is 17.4. The lowest BCUT2D eigenvalue weighted by Gasteiger charge is -2.44. The van der Waals surface area contributed by atoms with E-state index in [1.165, 1.54) is 5.56 Å². The minimum atomic E-state index is -7.22. The molecule has 0 amide bonds. The Balaban J connectivity index is 0.000000355. The van der Waals surface area contributed by atoms with Crippen LogP contribution in [-0.2, 0) is 17.8 Å². The smallest absolute Gasteiger partial charge is 0.307 e. The molecular weight excluding hydrogens is 893 g/mol. The number of halogens is 20. The first-order valence-electron chi connectivity index (χ1n) is 16.4. The predicted molar refractivity (Wildman–Crippen MR) is 173 cm³/mol. The van der Waals surface area contributed by atoms with Gasteiger partial charge in [0.25, 0.3) is 0 Å². The molecule has 1 N–H and O–H groups in total. The zero-order chi connectivity index (χ0) is 46.4. The summed E-state index contributed by atoms with van der Waals surface area (Å²) < 4.78 is 296. The van der Waals surface area contributed by atoms with Crippen molar-refractivity contribution < 1.29 is 102 Å². The number of aliphatic carboxylic acids is 1. The summed E-state index contributed by atoms with van der Waals surface area (Å²) in [5.41, 5.74) is -12.3. The van der Waals surface area contributed by atoms with Crippen LogP contribution >= 0.6 is 0 Å². The minimum absolute atomic E-state index is 0.0756. The number of hydrogen-bond acceptors (Lipinski definition) is 1. The van der Waals surface area contributed by atoms with Gasteiger partial charge in [0.15, 0.2) is 88.7 Å². The van der Waals surface area contributed by atoms with Crippen LogP contribution in [0.15, 0.2) is 54.9 Å². The Hall–Kier alpha value is -6.62. The molecule has 1 aromatic heterocycles. The molecule has 6 aromatic rings. The van der Waals surface area contributed by atoms with Crippen LogP contribution in [0.5, 0.6) is 0 Å². The highest BCUT2D eigenvalue weighted by Crippen LogP contribution is 2.30. The van der Waals surface area contributed by atoms with E-state index in [9.17, 15) is 57.5 Å². The second-order valence-corrected chi connectivity index (χ2v) is 12.7. The summed E-state index contributed by atoms with van der Waals surface area (Å²) in [6.07, 6.45) is -3.33. The lowest BCUT2D eigenvalue weighted by molar-refractivity contribution is -0.688. The van der Waals surface area contributed by atoms with E-state index in [1.807, 2.05) is 47.3 Å². The monoisotopic (exact) mass is 907 g/mol. The van der Waals surface area contributed by atoms with Gasteiger partial charge in [0.1, 0.15) is 52.7 Å². The van der Waals surface area contributed by atoms with E-state index in [1.54, 1.807) is 0 Å². The highest BCUT2D eigenvalue weighted by Gasteiger charge is 2.52. The summed E-state index contributed by atoms with van der Waals surface area (Å²) in [5, 5.41) is 8.66. The van der Waals surface area contributed by atoms with Crippen molar-refractivity contribution in [2.75, 3.05) is 0 Å². The molecule has 1 heterocycles. The second-order valence-electron chi connectivity index (χ2n) is 12.7. The van der Waals surface area contributed by atoms with E-state index in [-0.39, 0.29) is 6.42 Å². The fraction of sp³-hybridized carbons (Fsp3) is 0.0526. The Labute approximate surface area is 331 Å². The first-order valence-corrected chi connectivity index (χ1v) is 16.4. The molecule has 6 rings (SSSR count). The number of rotatable bonds is 8. The van der Waals surface area contributed by atoms with Gasteiger partial charge in [-0.3, -0.25) is 4.79 Å². The van der Waals surface area contributed by atoms with E-state index in [4.69, 9.17) is 5.11 Å². The van der Waals surface area contributed by atoms with Gasteiger partial charge >= 0.3 is 5.97 Å². The number of pyridine rings is 1. The van der Waals surface area contributed by atoms with Crippen molar-refractivity contribution in [1.82, 2.24) is 0 Å². The number of carbonyl (C=O) groups is 1. The van der Waals surface area contributed by atoms with Crippen molar-refractivity contribution in [3.63, 3.8) is 0 Å². The maximum atomic E-state index is 15.4. The zero-order valence-electron chi connectivity index (χ0n) is 29.5. The standard InChI is InChI=1S/C24BF20.C14H13NO2/c26-5-1(6(27)14(35)21(42)13(5)34)25(2-7(28)15(36)22(43)16(37)8(2)29,3-9(30)17(38)23(44)18(39)10(3)31)4-11(32)19(40)24(45)20(41)12(4)33;16-14(17)10-12-6-8-15(9-7-12)11-13-4-2-1-3-5-13/h;1-9H,10-11H2/q-1;/p+1. The molecule has 24 heteroatoms. The molecule has 0 saturated carbocycles. The van der Waals surface area contributed by atoms with Gasteiger partial charge in [-0.05, 0) is 5.56 Å². The third-order valence-electron chi connectivity index (χ3n) is 9.23. The van der Waals surface area contributed by atoms with Crippen molar-refractivity contribution in [3.05, 3.63) is 182 Å².